The number of hydrogen-bond acceptors (Lipinski definition) is 6. The van der Waals surface area contributed by atoms with Crippen LogP contribution in [0, 0.1) is 0 Å². The maximum atomic E-state index is 12.6. The summed E-state index contributed by atoms with van der Waals surface area (Å²) < 4.78 is 42.5. The minimum atomic E-state index is -4.52. The molecule has 1 N–H and O–H groups in total. The average molecular weight is 386 g/mol. The van der Waals surface area contributed by atoms with Gasteiger partial charge in [-0.25, -0.2) is 19.6 Å². The number of alkyl carbamates (subject to hydrolysis) is 1. The molecule has 12 heteroatoms. The summed E-state index contributed by atoms with van der Waals surface area (Å²) in [7, 11) is 0. The number of ether oxygens (including phenoxy) is 1. The van der Waals surface area contributed by atoms with Crippen molar-refractivity contribution in [3.63, 3.8) is 0 Å². The lowest BCUT2D eigenvalue weighted by atomic mass is 9.92. The smallest absolute Gasteiger partial charge is 0.434 e. The molecule has 4 heterocycles. The van der Waals surface area contributed by atoms with Crippen LogP contribution in [0.3, 0.4) is 0 Å². The first kappa shape index (κ1) is 17.6. The maximum Gasteiger partial charge on any atom is 0.434 e. The van der Waals surface area contributed by atoms with E-state index >= 15 is 0 Å². The SMILES string of the molecule is O=C1NC2(CO1)CN(C(=O)N1CCN(c3cnc(C(F)(F)F)cn3)CC1)C2. The Morgan fingerprint density at radius 3 is 2.33 bits per heavy atom. The van der Waals surface area contributed by atoms with Crippen molar-refractivity contribution >= 4 is 17.9 Å². The second kappa shape index (κ2) is 6.13. The first-order chi connectivity index (χ1) is 12.8. The topological polar surface area (TPSA) is 90.9 Å². The minimum Gasteiger partial charge on any atom is -0.447 e. The molecule has 3 amide bonds. The standard InChI is InChI=1S/C15H17F3N6O3/c16-15(17,18)10-5-20-11(6-19-10)22-1-3-23(4-2-22)13(26)24-7-14(8-24)9-27-12(25)21-14/h5-6H,1-4,7-9H2,(H,21,25). The summed E-state index contributed by atoms with van der Waals surface area (Å²) in [6.07, 6.45) is -3.17. The Bertz CT molecular complexity index is 742. The molecule has 0 aliphatic carbocycles. The molecule has 1 aromatic rings. The molecular formula is C15H17F3N6O3. The largest absolute Gasteiger partial charge is 0.447 e. The quantitative estimate of drug-likeness (QED) is 0.757. The molecule has 0 bridgehead atoms. The lowest BCUT2D eigenvalue weighted by Crippen LogP contribution is -2.72. The number of hydrogen-bond donors (Lipinski definition) is 1. The van der Waals surface area contributed by atoms with E-state index in [1.807, 2.05) is 0 Å². The van der Waals surface area contributed by atoms with Gasteiger partial charge in [0.2, 0.25) is 0 Å². The lowest BCUT2D eigenvalue weighted by Gasteiger charge is -2.48. The number of alkyl halides is 3. The van der Waals surface area contributed by atoms with Gasteiger partial charge in [-0.15, -0.1) is 0 Å². The molecule has 4 rings (SSSR count). The molecule has 27 heavy (non-hydrogen) atoms. The molecule has 1 aromatic heterocycles. The van der Waals surface area contributed by atoms with Gasteiger partial charge in [0.15, 0.2) is 5.69 Å². The van der Waals surface area contributed by atoms with Gasteiger partial charge < -0.3 is 24.8 Å². The summed E-state index contributed by atoms with van der Waals surface area (Å²) in [5.41, 5.74) is -1.50. The number of aromatic nitrogens is 2. The summed E-state index contributed by atoms with van der Waals surface area (Å²) in [5.74, 6) is 0.351. The summed E-state index contributed by atoms with van der Waals surface area (Å²) in [5, 5.41) is 2.72. The Hall–Kier alpha value is -2.79. The van der Waals surface area contributed by atoms with Crippen LogP contribution in [0.15, 0.2) is 12.4 Å². The zero-order valence-electron chi connectivity index (χ0n) is 14.2. The van der Waals surface area contributed by atoms with Crippen LogP contribution in [0.5, 0.6) is 0 Å². The molecule has 3 aliphatic rings. The molecule has 0 radical (unpaired) electrons. The lowest BCUT2D eigenvalue weighted by molar-refractivity contribution is -0.141. The van der Waals surface area contributed by atoms with E-state index in [0.717, 1.165) is 6.20 Å². The van der Waals surface area contributed by atoms with Gasteiger partial charge in [0.25, 0.3) is 0 Å². The number of nitrogens with zero attached hydrogens (tertiary/aromatic N) is 5. The Morgan fingerprint density at radius 2 is 1.81 bits per heavy atom. The van der Waals surface area contributed by atoms with E-state index in [9.17, 15) is 22.8 Å². The van der Waals surface area contributed by atoms with Crippen LogP contribution >= 0.6 is 0 Å². The summed E-state index contributed by atoms with van der Waals surface area (Å²) in [6, 6.07) is -0.125. The molecule has 0 atom stereocenters. The van der Waals surface area contributed by atoms with Gasteiger partial charge in [-0.05, 0) is 0 Å². The average Bonchev–Trinajstić information content (AvgIpc) is 3.02. The highest BCUT2D eigenvalue weighted by Crippen LogP contribution is 2.28. The van der Waals surface area contributed by atoms with Gasteiger partial charge in [0.05, 0.1) is 25.5 Å². The van der Waals surface area contributed by atoms with Gasteiger partial charge in [-0.3, -0.25) is 0 Å². The van der Waals surface area contributed by atoms with Gasteiger partial charge in [0.1, 0.15) is 18.0 Å². The van der Waals surface area contributed by atoms with Crippen LogP contribution in [0.1, 0.15) is 5.69 Å². The highest BCUT2D eigenvalue weighted by atomic mass is 19.4. The van der Waals surface area contributed by atoms with Gasteiger partial charge >= 0.3 is 18.3 Å². The van der Waals surface area contributed by atoms with E-state index in [1.54, 1.807) is 14.7 Å². The first-order valence-corrected chi connectivity index (χ1v) is 8.39. The van der Waals surface area contributed by atoms with Crippen molar-refractivity contribution in [2.24, 2.45) is 0 Å². The predicted molar refractivity (Wildman–Crippen MR) is 85.0 cm³/mol. The number of amides is 3. The molecular weight excluding hydrogens is 369 g/mol. The maximum absolute atomic E-state index is 12.6. The number of rotatable bonds is 1. The Labute approximate surface area is 152 Å². The van der Waals surface area contributed by atoms with Crippen LogP contribution in [-0.2, 0) is 10.9 Å². The number of likely N-dealkylation sites (tertiary alicyclic amines) is 1. The van der Waals surface area contributed by atoms with Gasteiger partial charge in [-0.2, -0.15) is 13.2 Å². The zero-order valence-corrected chi connectivity index (χ0v) is 14.2. The van der Waals surface area contributed by atoms with E-state index in [1.165, 1.54) is 0 Å². The van der Waals surface area contributed by atoms with Crippen molar-refractivity contribution in [1.82, 2.24) is 25.1 Å². The zero-order chi connectivity index (χ0) is 19.2. The number of cyclic esters (lactones) is 1. The Morgan fingerprint density at radius 1 is 1.11 bits per heavy atom. The monoisotopic (exact) mass is 386 g/mol. The fraction of sp³-hybridized carbons (Fsp3) is 0.600. The van der Waals surface area contributed by atoms with Crippen molar-refractivity contribution in [2.75, 3.05) is 50.8 Å². The number of urea groups is 1. The molecule has 3 saturated heterocycles. The number of carbonyl (C=O) groups excluding carboxylic acids is 2. The van der Waals surface area contributed by atoms with E-state index in [4.69, 9.17) is 4.74 Å². The number of carbonyl (C=O) groups is 2. The normalized spacial score (nSPS) is 21.7. The Kier molecular flexibility index (Phi) is 4.00. The highest BCUT2D eigenvalue weighted by Gasteiger charge is 2.52. The van der Waals surface area contributed by atoms with Crippen LogP contribution in [0.2, 0.25) is 0 Å². The second-order valence-corrected chi connectivity index (χ2v) is 6.85. The molecule has 0 unspecified atom stereocenters. The molecule has 3 fully saturated rings. The summed E-state index contributed by atoms with van der Waals surface area (Å²) >= 11 is 0. The van der Waals surface area contributed by atoms with Crippen LogP contribution < -0.4 is 10.2 Å². The molecule has 9 nitrogen and oxygen atoms in total. The van der Waals surface area contributed by atoms with E-state index < -0.39 is 23.5 Å². The molecule has 1 spiro atoms. The number of halogens is 3. The predicted octanol–water partition coefficient (Wildman–Crippen LogP) is 0.532. The van der Waals surface area contributed by atoms with Crippen LogP contribution in [0.4, 0.5) is 28.6 Å². The van der Waals surface area contributed by atoms with Gasteiger partial charge in [-0.1, -0.05) is 0 Å². The Balaban J connectivity index is 1.29. The third-order valence-electron chi connectivity index (χ3n) is 4.91. The molecule has 0 aromatic carbocycles. The van der Waals surface area contributed by atoms with Crippen LogP contribution in [-0.4, -0.2) is 83.3 Å². The highest BCUT2D eigenvalue weighted by molar-refractivity contribution is 5.78. The van der Waals surface area contributed by atoms with Crippen molar-refractivity contribution in [3.05, 3.63) is 18.1 Å². The molecule has 146 valence electrons. The second-order valence-electron chi connectivity index (χ2n) is 6.85. The minimum absolute atomic E-state index is 0.125. The molecule has 0 saturated carbocycles. The fourth-order valence-corrected chi connectivity index (χ4v) is 3.44. The summed E-state index contributed by atoms with van der Waals surface area (Å²) in [6.45, 7) is 2.82. The van der Waals surface area contributed by atoms with E-state index in [2.05, 4.69) is 15.3 Å². The number of anilines is 1. The third-order valence-corrected chi connectivity index (χ3v) is 4.91. The number of nitrogens with one attached hydrogen (secondary N) is 1. The fourth-order valence-electron chi connectivity index (χ4n) is 3.44. The van der Waals surface area contributed by atoms with Crippen molar-refractivity contribution in [2.45, 2.75) is 11.7 Å². The third kappa shape index (κ3) is 3.30. The van der Waals surface area contributed by atoms with Crippen molar-refractivity contribution < 1.29 is 27.5 Å². The first-order valence-electron chi connectivity index (χ1n) is 8.39. The van der Waals surface area contributed by atoms with E-state index in [-0.39, 0.29) is 12.6 Å². The van der Waals surface area contributed by atoms with Gasteiger partial charge in [0, 0.05) is 26.2 Å². The molecule has 3 aliphatic heterocycles. The van der Waals surface area contributed by atoms with E-state index in [0.29, 0.717) is 51.3 Å². The van der Waals surface area contributed by atoms with Crippen molar-refractivity contribution in [1.29, 1.82) is 0 Å². The number of piperazine rings is 1. The van der Waals surface area contributed by atoms with Crippen LogP contribution in [0.25, 0.3) is 0 Å². The summed E-state index contributed by atoms with van der Waals surface area (Å²) in [4.78, 5) is 36.0. The van der Waals surface area contributed by atoms with Crippen molar-refractivity contribution in [3.8, 4) is 0 Å².